The van der Waals surface area contributed by atoms with E-state index < -0.39 is 21.8 Å². The van der Waals surface area contributed by atoms with E-state index in [4.69, 9.17) is 0 Å². The summed E-state index contributed by atoms with van der Waals surface area (Å²) in [6.07, 6.45) is 8.50. The zero-order valence-electron chi connectivity index (χ0n) is 11.5. The molecule has 0 saturated carbocycles. The standard InChI is InChI=1S/C5H8.3BF4.K.H/c1-2-4-5-3-1;3*2-1(3,4)5;;/h1-2H,3-5H2;;;;;/q;3*-1;+1;-1. The van der Waals surface area contributed by atoms with Crippen molar-refractivity contribution in [2.45, 2.75) is 19.3 Å². The molecular weight excluding hydrogens is 360 g/mol. The maximum Gasteiger partial charge on any atom is 1.00 e. The van der Waals surface area contributed by atoms with Gasteiger partial charge >= 0.3 is 73.1 Å². The van der Waals surface area contributed by atoms with Crippen molar-refractivity contribution in [3.63, 3.8) is 0 Å². The third-order valence-corrected chi connectivity index (χ3v) is 0.908. The van der Waals surface area contributed by atoms with Gasteiger partial charge in [0.25, 0.3) is 0 Å². The maximum atomic E-state index is 9.75. The Balaban J connectivity index is -0.0000000567. The Bertz CT molecular complexity index is 198. The Hall–Kier alpha value is 0.731. The van der Waals surface area contributed by atoms with Gasteiger partial charge < -0.3 is 53.2 Å². The summed E-state index contributed by atoms with van der Waals surface area (Å²) in [7, 11) is -18.0. The number of rotatable bonds is 0. The molecule has 0 unspecified atom stereocenters. The molecule has 0 aromatic rings. The van der Waals surface area contributed by atoms with Gasteiger partial charge in [0.2, 0.25) is 0 Å². The molecule has 0 N–H and O–H groups in total. The van der Waals surface area contributed by atoms with Crippen LogP contribution in [0.5, 0.6) is 0 Å². The van der Waals surface area contributed by atoms with Gasteiger partial charge in [-0.15, -0.1) is 0 Å². The fourth-order valence-electron chi connectivity index (χ4n) is 0.589. The third-order valence-electron chi connectivity index (χ3n) is 0.908. The van der Waals surface area contributed by atoms with Crippen LogP contribution >= 0.6 is 0 Å². The molecule has 1 aliphatic rings. The average Bonchev–Trinajstić information content (AvgIpc) is 2.45. The summed E-state index contributed by atoms with van der Waals surface area (Å²) in [4.78, 5) is 0. The molecule has 0 saturated heterocycles. The quantitative estimate of drug-likeness (QED) is 0.350. The minimum Gasteiger partial charge on any atom is -1.00 e. The second kappa shape index (κ2) is 14.3. The number of halogens is 12. The largest absolute Gasteiger partial charge is 1.00 e. The summed E-state index contributed by atoms with van der Waals surface area (Å²) >= 11 is 0. The van der Waals surface area contributed by atoms with Gasteiger partial charge in [0, 0.05) is 0 Å². The monoisotopic (exact) mass is 369 g/mol. The van der Waals surface area contributed by atoms with E-state index in [0.29, 0.717) is 0 Å². The SMILES string of the molecule is C1=CCCC1.F[B-](F)(F)F.F[B-](F)(F)F.F[B-](F)(F)F.[H-].[K+]. The summed E-state index contributed by atoms with van der Waals surface area (Å²) in [6, 6.07) is 0. The van der Waals surface area contributed by atoms with Crippen LogP contribution in [0.25, 0.3) is 0 Å². The molecule has 16 heteroatoms. The van der Waals surface area contributed by atoms with Crippen molar-refractivity contribution in [1.29, 1.82) is 0 Å². The Labute approximate surface area is 156 Å². The molecule has 0 aromatic carbocycles. The molecule has 1 aliphatic carbocycles. The Morgan fingerprint density at radius 3 is 0.714 bits per heavy atom. The van der Waals surface area contributed by atoms with Gasteiger partial charge in [0.15, 0.2) is 0 Å². The molecule has 0 spiro atoms. The zero-order chi connectivity index (χ0) is 17.0. The van der Waals surface area contributed by atoms with Crippen molar-refractivity contribution >= 4 is 21.8 Å². The molecule has 126 valence electrons. The van der Waals surface area contributed by atoms with Crippen molar-refractivity contribution in [2.75, 3.05) is 0 Å². The van der Waals surface area contributed by atoms with Crippen LogP contribution < -0.4 is 51.4 Å². The molecule has 0 amide bonds. The van der Waals surface area contributed by atoms with Gasteiger partial charge in [-0.25, -0.2) is 0 Å². The van der Waals surface area contributed by atoms with E-state index in [0.717, 1.165) is 0 Å². The minimum atomic E-state index is -6.00. The number of allylic oxidation sites excluding steroid dienone is 2. The van der Waals surface area contributed by atoms with Crippen LogP contribution in [0.1, 0.15) is 20.7 Å². The van der Waals surface area contributed by atoms with E-state index in [1.54, 1.807) is 0 Å². The zero-order valence-corrected chi connectivity index (χ0v) is 13.7. The fourth-order valence-corrected chi connectivity index (χ4v) is 0.589. The van der Waals surface area contributed by atoms with Crippen LogP contribution in [0.3, 0.4) is 0 Å². The Kier molecular flexibility index (Phi) is 20.3. The van der Waals surface area contributed by atoms with E-state index in [2.05, 4.69) is 12.2 Å². The average molecular weight is 369 g/mol. The van der Waals surface area contributed by atoms with Gasteiger partial charge in [-0.1, -0.05) is 12.2 Å². The van der Waals surface area contributed by atoms with Crippen molar-refractivity contribution in [2.24, 2.45) is 0 Å². The van der Waals surface area contributed by atoms with Crippen LogP contribution in [0.2, 0.25) is 0 Å². The maximum absolute atomic E-state index is 9.75. The number of hydrogen-bond donors (Lipinski definition) is 0. The van der Waals surface area contributed by atoms with E-state index in [9.17, 15) is 51.8 Å². The first-order valence-corrected chi connectivity index (χ1v) is 4.77. The van der Waals surface area contributed by atoms with Crippen molar-refractivity contribution in [3.05, 3.63) is 12.2 Å². The first-order valence-electron chi connectivity index (χ1n) is 4.77. The Morgan fingerprint density at radius 1 is 0.524 bits per heavy atom. The van der Waals surface area contributed by atoms with Crippen LogP contribution in [0.15, 0.2) is 12.2 Å². The van der Waals surface area contributed by atoms with Crippen molar-refractivity contribution in [3.8, 4) is 0 Å². The second-order valence-electron chi connectivity index (χ2n) is 2.89. The van der Waals surface area contributed by atoms with E-state index in [-0.39, 0.29) is 52.8 Å². The van der Waals surface area contributed by atoms with Gasteiger partial charge in [-0.2, -0.15) is 0 Å². The van der Waals surface area contributed by atoms with E-state index >= 15 is 0 Å². The molecular formula is C5H9B3F12K-3. The topological polar surface area (TPSA) is 0 Å². The first-order chi connectivity index (χ1) is 8.50. The first kappa shape index (κ1) is 29.7. The second-order valence-corrected chi connectivity index (χ2v) is 2.89. The molecule has 0 fully saturated rings. The van der Waals surface area contributed by atoms with Gasteiger partial charge in [-0.05, 0) is 19.3 Å². The van der Waals surface area contributed by atoms with Crippen LogP contribution in [0, 0.1) is 0 Å². The van der Waals surface area contributed by atoms with Crippen molar-refractivity contribution < 1.29 is 105 Å². The summed E-state index contributed by atoms with van der Waals surface area (Å²) in [6.45, 7) is 0. The number of hydrogen-bond acceptors (Lipinski definition) is 0. The van der Waals surface area contributed by atoms with Crippen LogP contribution in [-0.2, 0) is 0 Å². The normalized spacial score (nSPS) is 13.5. The molecule has 0 radical (unpaired) electrons. The fraction of sp³-hybridized carbons (Fsp3) is 0.600. The molecule has 0 bridgehead atoms. The third kappa shape index (κ3) is 221. The van der Waals surface area contributed by atoms with Gasteiger partial charge in [-0.3, -0.25) is 0 Å². The van der Waals surface area contributed by atoms with E-state index in [1.165, 1.54) is 19.3 Å². The summed E-state index contributed by atoms with van der Waals surface area (Å²) in [5, 5.41) is 0. The summed E-state index contributed by atoms with van der Waals surface area (Å²) < 4.78 is 117. The molecule has 0 heterocycles. The molecule has 0 aromatic heterocycles. The van der Waals surface area contributed by atoms with E-state index in [1.807, 2.05) is 0 Å². The smallest absolute Gasteiger partial charge is 1.00 e. The molecule has 0 nitrogen and oxygen atoms in total. The van der Waals surface area contributed by atoms with Crippen LogP contribution in [0.4, 0.5) is 51.8 Å². The predicted octanol–water partition coefficient (Wildman–Crippen LogP) is 2.74. The van der Waals surface area contributed by atoms with Gasteiger partial charge in [0.1, 0.15) is 0 Å². The molecule has 21 heavy (non-hydrogen) atoms. The van der Waals surface area contributed by atoms with Crippen molar-refractivity contribution in [1.82, 2.24) is 0 Å². The van der Waals surface area contributed by atoms with Crippen LogP contribution in [-0.4, -0.2) is 21.8 Å². The molecule has 0 atom stereocenters. The summed E-state index contributed by atoms with van der Waals surface area (Å²) in [5.41, 5.74) is 0. The minimum absolute atomic E-state index is 0. The molecule has 0 aliphatic heterocycles. The Morgan fingerprint density at radius 2 is 0.667 bits per heavy atom. The molecule has 1 rings (SSSR count). The van der Waals surface area contributed by atoms with Gasteiger partial charge in [0.05, 0.1) is 0 Å². The predicted molar refractivity (Wildman–Crippen MR) is 54.7 cm³/mol. The summed E-state index contributed by atoms with van der Waals surface area (Å²) in [5.74, 6) is 0.